The van der Waals surface area contributed by atoms with E-state index in [2.05, 4.69) is 5.32 Å². The summed E-state index contributed by atoms with van der Waals surface area (Å²) in [4.78, 5) is 10.5. The first-order valence-electron chi connectivity index (χ1n) is 4.16. The van der Waals surface area contributed by atoms with Crippen molar-refractivity contribution in [1.82, 2.24) is 0 Å². The van der Waals surface area contributed by atoms with Crippen LogP contribution in [0.4, 0.5) is 5.69 Å². The van der Waals surface area contributed by atoms with Crippen LogP contribution >= 0.6 is 0 Å². The molecule has 0 bridgehead atoms. The summed E-state index contributed by atoms with van der Waals surface area (Å²) in [5.41, 5.74) is 3.03. The molecule has 1 aromatic carbocycles. The van der Waals surface area contributed by atoms with Gasteiger partial charge in [-0.2, -0.15) is 0 Å². The van der Waals surface area contributed by atoms with Crippen LogP contribution in [-0.2, 0) is 6.42 Å². The Morgan fingerprint density at radius 1 is 1.38 bits per heavy atom. The van der Waals surface area contributed by atoms with Gasteiger partial charge in [-0.05, 0) is 12.5 Å². The van der Waals surface area contributed by atoms with Gasteiger partial charge in [0, 0.05) is 49.6 Å². The summed E-state index contributed by atoms with van der Waals surface area (Å²) in [6.07, 6.45) is 3.05. The number of rotatable bonds is 1. The monoisotopic (exact) mass is 387 g/mol. The normalized spacial score (nSPS) is 13.5. The Morgan fingerprint density at radius 2 is 2.23 bits per heavy atom. The molecule has 65 valence electrons. The van der Waals surface area contributed by atoms with Gasteiger partial charge in [-0.1, -0.05) is 24.1 Å². The molecule has 0 N–H and O–H groups in total. The van der Waals surface area contributed by atoms with Gasteiger partial charge in [0.15, 0.2) is 0 Å². The van der Waals surface area contributed by atoms with Crippen LogP contribution in [0, 0.1) is 44.1 Å². The second kappa shape index (κ2) is 5.12. The fourth-order valence-electron chi connectivity index (χ4n) is 1.50. The van der Waals surface area contributed by atoms with Crippen molar-refractivity contribution < 1.29 is 48.9 Å². The molecular formula is C10H10AcNO-. The van der Waals surface area contributed by atoms with Crippen LogP contribution in [0.15, 0.2) is 18.2 Å². The van der Waals surface area contributed by atoms with Crippen LogP contribution in [0.2, 0.25) is 0 Å². The summed E-state index contributed by atoms with van der Waals surface area (Å²) in [6, 6.07) is 5.68. The summed E-state index contributed by atoms with van der Waals surface area (Å²) in [6.45, 7) is 0.924. The third-order valence-corrected chi connectivity index (χ3v) is 2.13. The van der Waals surface area contributed by atoms with Crippen molar-refractivity contribution in [1.29, 1.82) is 0 Å². The summed E-state index contributed by atoms with van der Waals surface area (Å²) in [5, 5.41) is 4.35. The maximum atomic E-state index is 10.5. The van der Waals surface area contributed by atoms with Gasteiger partial charge >= 0.3 is 0 Å². The van der Waals surface area contributed by atoms with E-state index in [9.17, 15) is 4.79 Å². The van der Waals surface area contributed by atoms with E-state index in [0.717, 1.165) is 36.9 Å². The molecule has 2 nitrogen and oxygen atoms in total. The van der Waals surface area contributed by atoms with Gasteiger partial charge in [0.1, 0.15) is 6.29 Å². The Bertz CT molecular complexity index is 312. The number of aldehydes is 1. The Morgan fingerprint density at radius 3 is 3.00 bits per heavy atom. The molecule has 0 saturated carbocycles. The summed E-state index contributed by atoms with van der Waals surface area (Å²) < 4.78 is 0. The van der Waals surface area contributed by atoms with E-state index in [1.807, 2.05) is 18.2 Å². The van der Waals surface area contributed by atoms with Crippen molar-refractivity contribution in [3.05, 3.63) is 34.6 Å². The maximum Gasteiger partial charge on any atom is 0.150 e. The Hall–Kier alpha value is 0.132. The second-order valence-electron chi connectivity index (χ2n) is 2.99. The molecule has 0 aromatic heterocycles. The third kappa shape index (κ3) is 2.54. The third-order valence-electron chi connectivity index (χ3n) is 2.13. The molecule has 0 amide bonds. The van der Waals surface area contributed by atoms with E-state index in [1.165, 1.54) is 5.56 Å². The van der Waals surface area contributed by atoms with E-state index >= 15 is 0 Å². The Balaban J connectivity index is 0.000000845. The van der Waals surface area contributed by atoms with Gasteiger partial charge in [0.25, 0.3) is 0 Å². The number of hydrogen-bond donors (Lipinski definition) is 0. The zero-order valence-electron chi connectivity index (χ0n) is 7.36. The Labute approximate surface area is 114 Å². The SMILES string of the molecule is O=Cc1ccc2c(c1)CCC[N-]2.[Ac]. The summed E-state index contributed by atoms with van der Waals surface area (Å²) >= 11 is 0. The zero-order chi connectivity index (χ0) is 8.39. The quantitative estimate of drug-likeness (QED) is 0.682. The Kier molecular flexibility index (Phi) is 4.42. The molecule has 0 saturated heterocycles. The first kappa shape index (κ1) is 11.2. The van der Waals surface area contributed by atoms with Crippen LogP contribution in [0.25, 0.3) is 5.32 Å². The number of nitrogens with zero attached hydrogens (tertiary/aromatic N) is 1. The molecule has 1 heterocycles. The molecule has 0 atom stereocenters. The number of benzene rings is 1. The molecule has 1 radical (unpaired) electrons. The molecular weight excluding hydrogens is 377 g/mol. The fraction of sp³-hybridized carbons (Fsp3) is 0.300. The number of hydrogen-bond acceptors (Lipinski definition) is 1. The van der Waals surface area contributed by atoms with Gasteiger partial charge < -0.3 is 5.32 Å². The van der Waals surface area contributed by atoms with E-state index in [1.54, 1.807) is 0 Å². The fourth-order valence-corrected chi connectivity index (χ4v) is 1.50. The van der Waals surface area contributed by atoms with Crippen LogP contribution in [0.5, 0.6) is 0 Å². The zero-order valence-corrected chi connectivity index (χ0v) is 12.1. The largest absolute Gasteiger partial charge is 0.684 e. The molecule has 3 heteroatoms. The first-order valence-corrected chi connectivity index (χ1v) is 4.16. The van der Waals surface area contributed by atoms with Gasteiger partial charge in [-0.25, -0.2) is 0 Å². The smallest absolute Gasteiger partial charge is 0.150 e. The molecule has 0 fully saturated rings. The number of fused-ring (bicyclic) bond motifs is 1. The van der Waals surface area contributed by atoms with Crippen LogP contribution in [0.1, 0.15) is 22.3 Å². The number of carbonyl (C=O) groups excluding carboxylic acids is 1. The van der Waals surface area contributed by atoms with Crippen molar-refractivity contribution >= 4 is 12.0 Å². The molecule has 1 aliphatic heterocycles. The van der Waals surface area contributed by atoms with Crippen molar-refractivity contribution in [2.24, 2.45) is 0 Å². The topological polar surface area (TPSA) is 31.2 Å². The van der Waals surface area contributed by atoms with E-state index in [0.29, 0.717) is 0 Å². The maximum absolute atomic E-state index is 10.5. The van der Waals surface area contributed by atoms with Crippen molar-refractivity contribution in [3.63, 3.8) is 0 Å². The minimum absolute atomic E-state index is 0. The van der Waals surface area contributed by atoms with Gasteiger partial charge in [0.05, 0.1) is 0 Å². The molecule has 1 aliphatic rings. The predicted octanol–water partition coefficient (Wildman–Crippen LogP) is 2.45. The van der Waals surface area contributed by atoms with Crippen LogP contribution < -0.4 is 0 Å². The van der Waals surface area contributed by atoms with Gasteiger partial charge in [-0.3, -0.25) is 4.79 Å². The van der Waals surface area contributed by atoms with E-state index in [-0.39, 0.29) is 44.1 Å². The van der Waals surface area contributed by atoms with Crippen molar-refractivity contribution in [2.45, 2.75) is 12.8 Å². The van der Waals surface area contributed by atoms with E-state index in [4.69, 9.17) is 0 Å². The van der Waals surface area contributed by atoms with Crippen molar-refractivity contribution in [2.75, 3.05) is 6.54 Å². The molecule has 13 heavy (non-hydrogen) atoms. The van der Waals surface area contributed by atoms with Crippen molar-refractivity contribution in [3.8, 4) is 0 Å². The molecule has 0 aliphatic carbocycles. The van der Waals surface area contributed by atoms with Gasteiger partial charge in [0.2, 0.25) is 0 Å². The second-order valence-corrected chi connectivity index (χ2v) is 2.99. The average Bonchev–Trinajstić information content (AvgIpc) is 2.17. The molecule has 1 aromatic rings. The van der Waals surface area contributed by atoms with Gasteiger partial charge in [-0.15, -0.1) is 12.2 Å². The minimum atomic E-state index is 0. The van der Waals surface area contributed by atoms with Crippen LogP contribution in [-0.4, -0.2) is 12.8 Å². The minimum Gasteiger partial charge on any atom is -0.684 e. The predicted molar refractivity (Wildman–Crippen MR) is 48.0 cm³/mol. The number of carbonyl (C=O) groups is 1. The van der Waals surface area contributed by atoms with E-state index < -0.39 is 0 Å². The average molecular weight is 387 g/mol. The number of aryl methyl sites for hydroxylation is 1. The standard InChI is InChI=1S/C10H11NO.Ac/c12-7-8-3-4-10-9(6-8)2-1-5-11-10;/h3-4,6-7H,1-2,5H2,(H,11,12);/p-1. The molecule has 2 rings (SSSR count). The van der Waals surface area contributed by atoms with Crippen LogP contribution in [0.3, 0.4) is 0 Å². The first-order chi connectivity index (χ1) is 5.90. The molecule has 0 spiro atoms. The summed E-state index contributed by atoms with van der Waals surface area (Å²) in [5.74, 6) is 0. The summed E-state index contributed by atoms with van der Waals surface area (Å²) in [7, 11) is 0. The molecule has 0 unspecified atom stereocenters.